The van der Waals surface area contributed by atoms with Crippen LogP contribution in [0.4, 0.5) is 5.95 Å². The zero-order chi connectivity index (χ0) is 10.8. The first kappa shape index (κ1) is 9.91. The third-order valence-corrected chi connectivity index (χ3v) is 2.35. The Morgan fingerprint density at radius 3 is 2.73 bits per heavy atom. The van der Waals surface area contributed by atoms with Gasteiger partial charge < -0.3 is 10.3 Å². The second-order valence-corrected chi connectivity index (χ2v) is 3.57. The molecule has 0 fully saturated rings. The van der Waals surface area contributed by atoms with Gasteiger partial charge >= 0.3 is 0 Å². The molecule has 0 aromatic carbocycles. The summed E-state index contributed by atoms with van der Waals surface area (Å²) in [6.45, 7) is 1.79. The number of aryl methyl sites for hydroxylation is 1. The Morgan fingerprint density at radius 2 is 2.13 bits per heavy atom. The van der Waals surface area contributed by atoms with E-state index in [0.29, 0.717) is 16.7 Å². The molecule has 2 heterocycles. The molecule has 6 nitrogen and oxygen atoms in total. The lowest BCUT2D eigenvalue weighted by Crippen LogP contribution is -2.01. The van der Waals surface area contributed by atoms with Crippen molar-refractivity contribution in [3.8, 4) is 11.4 Å². The lowest BCUT2D eigenvalue weighted by Gasteiger charge is -2.00. The summed E-state index contributed by atoms with van der Waals surface area (Å²) in [6.07, 6.45) is 3.44. The number of nitrogens with zero attached hydrogens (tertiary/aromatic N) is 4. The van der Waals surface area contributed by atoms with Gasteiger partial charge in [0.05, 0.1) is 11.8 Å². The van der Waals surface area contributed by atoms with Gasteiger partial charge in [0.25, 0.3) is 0 Å². The van der Waals surface area contributed by atoms with Crippen LogP contribution in [-0.2, 0) is 0 Å². The number of anilines is 1. The van der Waals surface area contributed by atoms with E-state index in [-0.39, 0.29) is 5.95 Å². The Morgan fingerprint density at radius 1 is 1.33 bits per heavy atom. The largest absolute Gasteiger partial charge is 0.368 e. The molecule has 0 unspecified atom stereocenters. The minimum absolute atomic E-state index is 0.199. The fourth-order valence-electron chi connectivity index (χ4n) is 1.10. The van der Waals surface area contributed by atoms with Gasteiger partial charge in [0.2, 0.25) is 5.95 Å². The van der Waals surface area contributed by atoms with Crippen molar-refractivity contribution in [1.82, 2.24) is 20.1 Å². The van der Waals surface area contributed by atoms with Crippen LogP contribution in [0, 0.1) is 6.92 Å². The molecule has 2 aromatic rings. The highest BCUT2D eigenvalue weighted by Crippen LogP contribution is 2.21. The van der Waals surface area contributed by atoms with Gasteiger partial charge in [-0.05, 0) is 13.2 Å². The minimum atomic E-state index is 0.199. The van der Waals surface area contributed by atoms with Crippen LogP contribution in [0.1, 0.15) is 5.76 Å². The molecular weight excluding hydrogens is 214 g/mol. The molecule has 0 amide bonds. The standard InChI is InChI=1S/C8H9N5OS/c1-4-5(3-10-14-4)6-11-7(9)13-8(12-6)15-2/h3H,1-2H3,(H2,9,11,12,13). The molecule has 0 saturated heterocycles. The molecule has 0 saturated carbocycles. The van der Waals surface area contributed by atoms with Gasteiger partial charge in [-0.25, -0.2) is 4.98 Å². The van der Waals surface area contributed by atoms with Crippen molar-refractivity contribution < 1.29 is 4.52 Å². The van der Waals surface area contributed by atoms with Crippen molar-refractivity contribution >= 4 is 17.7 Å². The summed E-state index contributed by atoms with van der Waals surface area (Å²) in [6, 6.07) is 0. The van der Waals surface area contributed by atoms with Crippen LogP contribution in [-0.4, -0.2) is 26.4 Å². The summed E-state index contributed by atoms with van der Waals surface area (Å²) in [5.74, 6) is 1.35. The summed E-state index contributed by atoms with van der Waals surface area (Å²) in [5.41, 5.74) is 6.30. The summed E-state index contributed by atoms with van der Waals surface area (Å²) in [4.78, 5) is 12.2. The second-order valence-electron chi connectivity index (χ2n) is 2.80. The van der Waals surface area contributed by atoms with Crippen LogP contribution in [0.3, 0.4) is 0 Å². The second kappa shape index (κ2) is 3.85. The van der Waals surface area contributed by atoms with Gasteiger partial charge in [-0.3, -0.25) is 0 Å². The molecule has 15 heavy (non-hydrogen) atoms. The number of aromatic nitrogens is 4. The van der Waals surface area contributed by atoms with E-state index in [1.54, 1.807) is 13.1 Å². The van der Waals surface area contributed by atoms with Gasteiger partial charge in [0.15, 0.2) is 11.0 Å². The third-order valence-electron chi connectivity index (χ3n) is 1.81. The van der Waals surface area contributed by atoms with Crippen LogP contribution in [0.25, 0.3) is 11.4 Å². The van der Waals surface area contributed by atoms with Gasteiger partial charge in [-0.1, -0.05) is 16.9 Å². The van der Waals surface area contributed by atoms with E-state index >= 15 is 0 Å². The van der Waals surface area contributed by atoms with Crippen molar-refractivity contribution in [1.29, 1.82) is 0 Å². The highest BCUT2D eigenvalue weighted by molar-refractivity contribution is 7.98. The number of nitrogens with two attached hydrogens (primary N) is 1. The van der Waals surface area contributed by atoms with E-state index in [9.17, 15) is 0 Å². The molecule has 0 aliphatic rings. The van der Waals surface area contributed by atoms with Crippen molar-refractivity contribution in [2.75, 3.05) is 12.0 Å². The smallest absolute Gasteiger partial charge is 0.224 e. The maximum atomic E-state index is 5.56. The van der Waals surface area contributed by atoms with Crippen molar-refractivity contribution in [2.24, 2.45) is 0 Å². The van der Waals surface area contributed by atoms with Crippen molar-refractivity contribution in [2.45, 2.75) is 12.1 Å². The number of hydrogen-bond donors (Lipinski definition) is 1. The van der Waals surface area contributed by atoms with Crippen molar-refractivity contribution in [3.05, 3.63) is 12.0 Å². The quantitative estimate of drug-likeness (QED) is 0.763. The fraction of sp³-hybridized carbons (Fsp3) is 0.250. The highest BCUT2D eigenvalue weighted by atomic mass is 32.2. The van der Waals surface area contributed by atoms with Crippen molar-refractivity contribution in [3.63, 3.8) is 0 Å². The maximum Gasteiger partial charge on any atom is 0.224 e. The lowest BCUT2D eigenvalue weighted by molar-refractivity contribution is 0.398. The average Bonchev–Trinajstić information content (AvgIpc) is 2.63. The van der Waals surface area contributed by atoms with E-state index in [4.69, 9.17) is 10.3 Å². The first-order valence-electron chi connectivity index (χ1n) is 4.18. The van der Waals surface area contributed by atoms with E-state index < -0.39 is 0 Å². The monoisotopic (exact) mass is 223 g/mol. The highest BCUT2D eigenvalue weighted by Gasteiger charge is 2.11. The lowest BCUT2D eigenvalue weighted by atomic mass is 10.2. The number of rotatable bonds is 2. The van der Waals surface area contributed by atoms with Crippen LogP contribution < -0.4 is 5.73 Å². The zero-order valence-corrected chi connectivity index (χ0v) is 9.08. The average molecular weight is 223 g/mol. The molecule has 0 spiro atoms. The molecular formula is C8H9N5OS. The summed E-state index contributed by atoms with van der Waals surface area (Å²) >= 11 is 1.41. The Balaban J connectivity index is 2.53. The molecule has 7 heteroatoms. The molecule has 0 radical (unpaired) electrons. The normalized spacial score (nSPS) is 10.5. The molecule has 0 aliphatic carbocycles. The van der Waals surface area contributed by atoms with E-state index in [2.05, 4.69) is 20.1 Å². The Bertz CT molecular complexity index is 484. The van der Waals surface area contributed by atoms with Crippen LogP contribution in [0.5, 0.6) is 0 Å². The van der Waals surface area contributed by atoms with Gasteiger partial charge in [-0.2, -0.15) is 9.97 Å². The fourth-order valence-corrected chi connectivity index (χ4v) is 1.46. The molecule has 78 valence electrons. The molecule has 2 N–H and O–H groups in total. The minimum Gasteiger partial charge on any atom is -0.368 e. The van der Waals surface area contributed by atoms with E-state index in [0.717, 1.165) is 5.56 Å². The zero-order valence-electron chi connectivity index (χ0n) is 8.26. The van der Waals surface area contributed by atoms with Crippen LogP contribution in [0.15, 0.2) is 15.9 Å². The summed E-state index contributed by atoms with van der Waals surface area (Å²) in [5, 5.41) is 4.24. The van der Waals surface area contributed by atoms with Crippen LogP contribution in [0.2, 0.25) is 0 Å². The first-order chi connectivity index (χ1) is 7.20. The maximum absolute atomic E-state index is 5.56. The number of thioether (sulfide) groups is 1. The van der Waals surface area contributed by atoms with E-state index in [1.165, 1.54) is 11.8 Å². The predicted molar refractivity (Wildman–Crippen MR) is 56.3 cm³/mol. The summed E-state index contributed by atoms with van der Waals surface area (Å²) < 4.78 is 4.93. The van der Waals surface area contributed by atoms with Gasteiger partial charge in [0.1, 0.15) is 5.76 Å². The molecule has 2 rings (SSSR count). The Kier molecular flexibility index (Phi) is 2.55. The number of nitrogen functional groups attached to an aromatic ring is 1. The summed E-state index contributed by atoms with van der Waals surface area (Å²) in [7, 11) is 0. The molecule has 0 bridgehead atoms. The van der Waals surface area contributed by atoms with Crippen LogP contribution >= 0.6 is 11.8 Å². The molecule has 2 aromatic heterocycles. The number of hydrogen-bond acceptors (Lipinski definition) is 7. The van der Waals surface area contributed by atoms with Gasteiger partial charge in [-0.15, -0.1) is 0 Å². The predicted octanol–water partition coefficient (Wildman–Crippen LogP) is 1.14. The molecule has 0 atom stereocenters. The third kappa shape index (κ3) is 1.91. The Hall–Kier alpha value is -1.63. The van der Waals surface area contributed by atoms with E-state index in [1.807, 2.05) is 6.26 Å². The Labute approximate surface area is 90.3 Å². The topological polar surface area (TPSA) is 90.7 Å². The SMILES string of the molecule is CSc1nc(N)nc(-c2cnoc2C)n1. The molecule has 0 aliphatic heterocycles. The van der Waals surface area contributed by atoms with Gasteiger partial charge in [0, 0.05) is 0 Å². The first-order valence-corrected chi connectivity index (χ1v) is 5.40.